The number of benzene rings is 2. The first kappa shape index (κ1) is 22.1. The van der Waals surface area contributed by atoms with Crippen molar-refractivity contribution in [3.05, 3.63) is 63.6 Å². The van der Waals surface area contributed by atoms with E-state index in [0.29, 0.717) is 18.1 Å². The van der Waals surface area contributed by atoms with Gasteiger partial charge in [0.25, 0.3) is 5.91 Å². The molecular formula is C20H23Cl2N3O3S. The number of carbonyl (C=O) groups is 1. The van der Waals surface area contributed by atoms with Crippen LogP contribution in [0.3, 0.4) is 0 Å². The van der Waals surface area contributed by atoms with Gasteiger partial charge in [0.15, 0.2) is 0 Å². The second-order valence-electron chi connectivity index (χ2n) is 7.12. The first-order valence-corrected chi connectivity index (χ1v) is 11.4. The minimum atomic E-state index is -3.64. The highest BCUT2D eigenvalue weighted by Crippen LogP contribution is 2.24. The molecule has 2 aromatic rings. The van der Waals surface area contributed by atoms with E-state index in [2.05, 4.69) is 4.90 Å². The molecule has 1 aliphatic rings. The lowest BCUT2D eigenvalue weighted by atomic mass is 10.1. The van der Waals surface area contributed by atoms with Gasteiger partial charge in [-0.15, -0.1) is 0 Å². The SMILES string of the molecule is CN(C)S(=O)(=O)c1ccc(Cl)c(C(=O)N2CCN(Cc3ccc(Cl)cc3)CC2)c1. The number of carbonyl (C=O) groups excluding carboxylic acids is 1. The summed E-state index contributed by atoms with van der Waals surface area (Å²) in [4.78, 5) is 17.0. The molecule has 3 rings (SSSR count). The van der Waals surface area contributed by atoms with Gasteiger partial charge in [0.05, 0.1) is 15.5 Å². The Morgan fingerprint density at radius 2 is 1.62 bits per heavy atom. The molecule has 1 heterocycles. The normalized spacial score (nSPS) is 15.7. The van der Waals surface area contributed by atoms with Gasteiger partial charge in [-0.05, 0) is 35.9 Å². The predicted octanol–water partition coefficient (Wildman–Crippen LogP) is 3.20. The van der Waals surface area contributed by atoms with Gasteiger partial charge >= 0.3 is 0 Å². The molecule has 0 aromatic heterocycles. The third kappa shape index (κ3) is 5.10. The fraction of sp³-hybridized carbons (Fsp3) is 0.350. The fourth-order valence-corrected chi connectivity index (χ4v) is 4.42. The first-order valence-electron chi connectivity index (χ1n) is 9.16. The number of halogens is 2. The number of piperazine rings is 1. The van der Waals surface area contributed by atoms with E-state index in [1.807, 2.05) is 24.3 Å². The smallest absolute Gasteiger partial charge is 0.255 e. The van der Waals surface area contributed by atoms with E-state index in [0.717, 1.165) is 23.9 Å². The van der Waals surface area contributed by atoms with Crippen molar-refractivity contribution in [3.63, 3.8) is 0 Å². The lowest BCUT2D eigenvalue weighted by Crippen LogP contribution is -2.48. The Morgan fingerprint density at radius 1 is 1.00 bits per heavy atom. The summed E-state index contributed by atoms with van der Waals surface area (Å²) in [6, 6.07) is 12.0. The number of amides is 1. The van der Waals surface area contributed by atoms with Crippen LogP contribution in [0.1, 0.15) is 15.9 Å². The third-order valence-corrected chi connectivity index (χ3v) is 7.32. The van der Waals surface area contributed by atoms with Gasteiger partial charge in [-0.3, -0.25) is 9.69 Å². The van der Waals surface area contributed by atoms with E-state index in [-0.39, 0.29) is 21.4 Å². The minimum Gasteiger partial charge on any atom is -0.336 e. The Labute approximate surface area is 181 Å². The molecule has 6 nitrogen and oxygen atoms in total. The van der Waals surface area contributed by atoms with Crippen LogP contribution >= 0.6 is 23.2 Å². The maximum absolute atomic E-state index is 13.0. The number of hydrogen-bond donors (Lipinski definition) is 0. The predicted molar refractivity (Wildman–Crippen MR) is 115 cm³/mol. The van der Waals surface area contributed by atoms with Crippen LogP contribution in [0, 0.1) is 0 Å². The van der Waals surface area contributed by atoms with Crippen LogP contribution < -0.4 is 0 Å². The molecule has 156 valence electrons. The van der Waals surface area contributed by atoms with Gasteiger partial charge in [-0.25, -0.2) is 12.7 Å². The van der Waals surface area contributed by atoms with Crippen LogP contribution in [-0.4, -0.2) is 68.7 Å². The average Bonchev–Trinajstić information content (AvgIpc) is 2.70. The van der Waals surface area contributed by atoms with Crippen molar-refractivity contribution >= 4 is 39.1 Å². The average molecular weight is 456 g/mol. The molecule has 0 radical (unpaired) electrons. The zero-order chi connectivity index (χ0) is 21.2. The highest BCUT2D eigenvalue weighted by Gasteiger charge is 2.26. The summed E-state index contributed by atoms with van der Waals surface area (Å²) in [5.74, 6) is -0.253. The van der Waals surface area contributed by atoms with Crippen molar-refractivity contribution in [2.45, 2.75) is 11.4 Å². The van der Waals surface area contributed by atoms with Crippen molar-refractivity contribution in [1.29, 1.82) is 0 Å². The molecule has 0 aliphatic carbocycles. The second-order valence-corrected chi connectivity index (χ2v) is 10.1. The van der Waals surface area contributed by atoms with Crippen LogP contribution in [0.4, 0.5) is 0 Å². The van der Waals surface area contributed by atoms with Crippen LogP contribution in [0.5, 0.6) is 0 Å². The first-order chi connectivity index (χ1) is 13.7. The van der Waals surface area contributed by atoms with Crippen molar-refractivity contribution in [2.75, 3.05) is 40.3 Å². The molecule has 0 N–H and O–H groups in total. The molecule has 0 atom stereocenters. The largest absolute Gasteiger partial charge is 0.336 e. The zero-order valence-electron chi connectivity index (χ0n) is 16.3. The second kappa shape index (κ2) is 9.02. The summed E-state index contributed by atoms with van der Waals surface area (Å²) in [6.07, 6.45) is 0. The lowest BCUT2D eigenvalue weighted by molar-refractivity contribution is 0.0628. The van der Waals surface area contributed by atoms with Gasteiger partial charge in [0, 0.05) is 51.8 Å². The van der Waals surface area contributed by atoms with Crippen LogP contribution in [0.25, 0.3) is 0 Å². The standard InChI is InChI=1S/C20H23Cl2N3O3S/c1-23(2)29(27,28)17-7-8-19(22)18(13-17)20(26)25-11-9-24(10-12-25)14-15-3-5-16(21)6-4-15/h3-8,13H,9-12,14H2,1-2H3. The highest BCUT2D eigenvalue weighted by atomic mass is 35.5. The molecule has 0 unspecified atom stereocenters. The summed E-state index contributed by atoms with van der Waals surface area (Å²) in [5, 5.41) is 0.954. The molecule has 1 fully saturated rings. The van der Waals surface area contributed by atoms with E-state index < -0.39 is 10.0 Å². The van der Waals surface area contributed by atoms with Gasteiger partial charge in [0.2, 0.25) is 10.0 Å². The summed E-state index contributed by atoms with van der Waals surface area (Å²) in [5.41, 5.74) is 1.37. The van der Waals surface area contributed by atoms with Gasteiger partial charge in [-0.2, -0.15) is 0 Å². The Balaban J connectivity index is 1.68. The maximum Gasteiger partial charge on any atom is 0.255 e. The Kier molecular flexibility index (Phi) is 6.86. The third-order valence-electron chi connectivity index (χ3n) is 4.93. The molecule has 29 heavy (non-hydrogen) atoms. The van der Waals surface area contributed by atoms with Crippen molar-refractivity contribution in [1.82, 2.24) is 14.1 Å². The van der Waals surface area contributed by atoms with E-state index in [1.165, 1.54) is 37.9 Å². The molecule has 1 saturated heterocycles. The molecular weight excluding hydrogens is 433 g/mol. The quantitative estimate of drug-likeness (QED) is 0.694. The topological polar surface area (TPSA) is 60.9 Å². The van der Waals surface area contributed by atoms with E-state index in [9.17, 15) is 13.2 Å². The monoisotopic (exact) mass is 455 g/mol. The van der Waals surface area contributed by atoms with Crippen molar-refractivity contribution in [2.24, 2.45) is 0 Å². The number of sulfonamides is 1. The Bertz CT molecular complexity index is 987. The molecule has 0 saturated carbocycles. The number of hydrogen-bond acceptors (Lipinski definition) is 4. The minimum absolute atomic E-state index is 0.0524. The molecule has 9 heteroatoms. The number of nitrogens with zero attached hydrogens (tertiary/aromatic N) is 3. The summed E-state index contributed by atoms with van der Waals surface area (Å²) < 4.78 is 25.9. The van der Waals surface area contributed by atoms with Crippen LogP contribution in [0.2, 0.25) is 10.0 Å². The summed E-state index contributed by atoms with van der Waals surface area (Å²) in [7, 11) is -0.741. The van der Waals surface area contributed by atoms with Gasteiger partial charge in [0.1, 0.15) is 0 Å². The van der Waals surface area contributed by atoms with E-state index in [4.69, 9.17) is 23.2 Å². The Hall–Kier alpha value is -1.64. The number of rotatable bonds is 5. The molecule has 2 aromatic carbocycles. The van der Waals surface area contributed by atoms with E-state index in [1.54, 1.807) is 4.90 Å². The van der Waals surface area contributed by atoms with Gasteiger partial charge in [-0.1, -0.05) is 35.3 Å². The summed E-state index contributed by atoms with van der Waals surface area (Å²) >= 11 is 12.1. The maximum atomic E-state index is 13.0. The molecule has 1 aliphatic heterocycles. The molecule has 0 spiro atoms. The fourth-order valence-electron chi connectivity index (χ4n) is 3.17. The van der Waals surface area contributed by atoms with Crippen molar-refractivity contribution < 1.29 is 13.2 Å². The van der Waals surface area contributed by atoms with Crippen LogP contribution in [-0.2, 0) is 16.6 Å². The van der Waals surface area contributed by atoms with Gasteiger partial charge < -0.3 is 4.90 Å². The zero-order valence-corrected chi connectivity index (χ0v) is 18.6. The van der Waals surface area contributed by atoms with E-state index >= 15 is 0 Å². The lowest BCUT2D eigenvalue weighted by Gasteiger charge is -2.35. The highest BCUT2D eigenvalue weighted by molar-refractivity contribution is 7.89. The molecule has 1 amide bonds. The van der Waals surface area contributed by atoms with Crippen molar-refractivity contribution in [3.8, 4) is 0 Å². The molecule has 0 bridgehead atoms. The van der Waals surface area contributed by atoms with Crippen LogP contribution in [0.15, 0.2) is 47.4 Å². The Morgan fingerprint density at radius 3 is 2.21 bits per heavy atom. The summed E-state index contributed by atoms with van der Waals surface area (Å²) in [6.45, 7) is 3.33.